The van der Waals surface area contributed by atoms with Crippen LogP contribution in [0.25, 0.3) is 0 Å². The summed E-state index contributed by atoms with van der Waals surface area (Å²) in [5.41, 5.74) is 1.48. The number of ether oxygens (including phenoxy) is 1. The van der Waals surface area contributed by atoms with E-state index in [-0.39, 0.29) is 25.0 Å². The largest absolute Gasteiger partial charge is 0.484 e. The Morgan fingerprint density at radius 2 is 1.72 bits per heavy atom. The van der Waals surface area contributed by atoms with E-state index in [9.17, 15) is 9.59 Å². The summed E-state index contributed by atoms with van der Waals surface area (Å²) < 4.78 is 5.65. The first-order valence-corrected chi connectivity index (χ1v) is 9.99. The van der Waals surface area contributed by atoms with Crippen molar-refractivity contribution in [2.24, 2.45) is 0 Å². The maximum atomic E-state index is 13.0. The minimum Gasteiger partial charge on any atom is -0.484 e. The molecule has 0 bridgehead atoms. The van der Waals surface area contributed by atoms with Crippen LogP contribution in [0.5, 0.6) is 5.75 Å². The van der Waals surface area contributed by atoms with Gasteiger partial charge in [0.15, 0.2) is 6.61 Å². The van der Waals surface area contributed by atoms with Gasteiger partial charge in [-0.15, -0.1) is 0 Å². The lowest BCUT2D eigenvalue weighted by atomic mass is 10.1. The summed E-state index contributed by atoms with van der Waals surface area (Å²) in [5, 5.41) is 3.48. The zero-order valence-electron chi connectivity index (χ0n) is 17.7. The molecule has 0 saturated carbocycles. The van der Waals surface area contributed by atoms with Gasteiger partial charge in [-0.25, -0.2) is 0 Å². The number of nitrogens with one attached hydrogen (secondary N) is 1. The Bertz CT molecular complexity index is 844. The third kappa shape index (κ3) is 7.09. The van der Waals surface area contributed by atoms with Gasteiger partial charge in [0, 0.05) is 17.1 Å². The number of rotatable bonds is 7. The third-order valence-electron chi connectivity index (χ3n) is 4.35. The lowest BCUT2D eigenvalue weighted by molar-refractivity contribution is -0.142. The summed E-state index contributed by atoms with van der Waals surface area (Å²) in [6.07, 6.45) is 0. The highest BCUT2D eigenvalue weighted by Gasteiger charge is 2.29. The summed E-state index contributed by atoms with van der Waals surface area (Å²) >= 11 is 6.28. The van der Waals surface area contributed by atoms with Crippen molar-refractivity contribution < 1.29 is 14.3 Å². The quantitative estimate of drug-likeness (QED) is 0.729. The van der Waals surface area contributed by atoms with Crippen LogP contribution in [0.15, 0.2) is 48.5 Å². The van der Waals surface area contributed by atoms with E-state index in [1.807, 2.05) is 70.2 Å². The smallest absolute Gasteiger partial charge is 0.261 e. The molecule has 1 atom stereocenters. The van der Waals surface area contributed by atoms with Gasteiger partial charge >= 0.3 is 0 Å². The van der Waals surface area contributed by atoms with Crippen LogP contribution in [0.3, 0.4) is 0 Å². The van der Waals surface area contributed by atoms with E-state index in [4.69, 9.17) is 16.3 Å². The number of benzene rings is 2. The van der Waals surface area contributed by atoms with Gasteiger partial charge in [0.25, 0.3) is 5.91 Å². The lowest BCUT2D eigenvalue weighted by Gasteiger charge is -2.31. The van der Waals surface area contributed by atoms with Crippen LogP contribution in [0.2, 0.25) is 5.02 Å². The maximum Gasteiger partial charge on any atom is 0.261 e. The lowest BCUT2D eigenvalue weighted by Crippen LogP contribution is -2.53. The van der Waals surface area contributed by atoms with Gasteiger partial charge in [0.05, 0.1) is 0 Å². The van der Waals surface area contributed by atoms with E-state index in [0.717, 1.165) is 11.1 Å². The van der Waals surface area contributed by atoms with E-state index in [0.29, 0.717) is 10.8 Å². The second-order valence-electron chi connectivity index (χ2n) is 8.13. The van der Waals surface area contributed by atoms with Gasteiger partial charge in [0.2, 0.25) is 5.91 Å². The van der Waals surface area contributed by atoms with Crippen LogP contribution in [0.4, 0.5) is 0 Å². The van der Waals surface area contributed by atoms with Crippen molar-refractivity contribution in [1.29, 1.82) is 0 Å². The van der Waals surface area contributed by atoms with E-state index < -0.39 is 11.6 Å². The summed E-state index contributed by atoms with van der Waals surface area (Å²) in [4.78, 5) is 27.2. The first-order chi connectivity index (χ1) is 13.6. The second kappa shape index (κ2) is 9.79. The summed E-state index contributed by atoms with van der Waals surface area (Å²) in [6, 6.07) is 14.1. The fourth-order valence-corrected chi connectivity index (χ4v) is 2.92. The molecule has 0 aliphatic carbocycles. The molecule has 5 nitrogen and oxygen atoms in total. The molecular weight excluding hydrogens is 388 g/mol. The van der Waals surface area contributed by atoms with Crippen molar-refractivity contribution in [3.05, 3.63) is 64.7 Å². The minimum absolute atomic E-state index is 0.166. The van der Waals surface area contributed by atoms with E-state index in [2.05, 4.69) is 5.32 Å². The summed E-state index contributed by atoms with van der Waals surface area (Å²) in [5.74, 6) is 0.0868. The standard InChI is InChI=1S/C23H29ClN2O3/c1-16-10-12-19(13-11-16)29-15-21(27)26(14-18-8-6-7-9-20(18)24)17(2)22(28)25-23(3,4)5/h6-13,17H,14-15H2,1-5H3,(H,25,28)/t17-/m1/s1. The summed E-state index contributed by atoms with van der Waals surface area (Å²) in [7, 11) is 0. The van der Waals surface area contributed by atoms with Gasteiger partial charge in [-0.05, 0) is 58.4 Å². The molecular formula is C23H29ClN2O3. The van der Waals surface area contributed by atoms with E-state index >= 15 is 0 Å². The molecule has 2 aromatic carbocycles. The molecule has 2 rings (SSSR count). The number of aryl methyl sites for hydroxylation is 1. The average molecular weight is 417 g/mol. The molecule has 156 valence electrons. The molecule has 0 saturated heterocycles. The fraction of sp³-hybridized carbons (Fsp3) is 0.391. The minimum atomic E-state index is -0.681. The Kier molecular flexibility index (Phi) is 7.68. The Labute approximate surface area is 178 Å². The highest BCUT2D eigenvalue weighted by atomic mass is 35.5. The van der Waals surface area contributed by atoms with Gasteiger partial charge in [-0.3, -0.25) is 9.59 Å². The monoisotopic (exact) mass is 416 g/mol. The zero-order chi connectivity index (χ0) is 21.6. The van der Waals surface area contributed by atoms with Crippen molar-refractivity contribution in [2.45, 2.75) is 52.7 Å². The van der Waals surface area contributed by atoms with Crippen LogP contribution < -0.4 is 10.1 Å². The van der Waals surface area contributed by atoms with Crippen LogP contribution in [0.1, 0.15) is 38.8 Å². The molecule has 0 radical (unpaired) electrons. The molecule has 0 aromatic heterocycles. The Morgan fingerprint density at radius 3 is 2.31 bits per heavy atom. The van der Waals surface area contributed by atoms with Crippen LogP contribution >= 0.6 is 11.6 Å². The van der Waals surface area contributed by atoms with Crippen LogP contribution in [-0.4, -0.2) is 34.9 Å². The van der Waals surface area contributed by atoms with Crippen molar-refractivity contribution in [3.63, 3.8) is 0 Å². The number of amides is 2. The molecule has 29 heavy (non-hydrogen) atoms. The van der Waals surface area contributed by atoms with Crippen LogP contribution in [-0.2, 0) is 16.1 Å². The number of halogens is 1. The number of carbonyl (C=O) groups excluding carboxylic acids is 2. The molecule has 1 N–H and O–H groups in total. The Balaban J connectivity index is 2.18. The van der Waals surface area contributed by atoms with E-state index in [1.165, 1.54) is 4.90 Å². The average Bonchev–Trinajstić information content (AvgIpc) is 2.65. The predicted molar refractivity (Wildman–Crippen MR) is 116 cm³/mol. The SMILES string of the molecule is Cc1ccc(OCC(=O)N(Cc2ccccc2Cl)[C@H](C)C(=O)NC(C)(C)C)cc1. The van der Waals surface area contributed by atoms with Gasteiger partial charge in [-0.2, -0.15) is 0 Å². The molecule has 0 spiro atoms. The highest BCUT2D eigenvalue weighted by molar-refractivity contribution is 6.31. The van der Waals surface area contributed by atoms with Crippen molar-refractivity contribution >= 4 is 23.4 Å². The predicted octanol–water partition coefficient (Wildman–Crippen LogP) is 4.36. The molecule has 0 fully saturated rings. The van der Waals surface area contributed by atoms with E-state index in [1.54, 1.807) is 13.0 Å². The Hall–Kier alpha value is -2.53. The van der Waals surface area contributed by atoms with Gasteiger partial charge in [-0.1, -0.05) is 47.5 Å². The molecule has 2 amide bonds. The van der Waals surface area contributed by atoms with Crippen molar-refractivity contribution in [3.8, 4) is 5.75 Å². The fourth-order valence-electron chi connectivity index (χ4n) is 2.73. The number of carbonyl (C=O) groups is 2. The first kappa shape index (κ1) is 22.8. The second-order valence-corrected chi connectivity index (χ2v) is 8.54. The highest BCUT2D eigenvalue weighted by Crippen LogP contribution is 2.19. The number of hydrogen-bond acceptors (Lipinski definition) is 3. The number of hydrogen-bond donors (Lipinski definition) is 1. The normalized spacial score (nSPS) is 12.2. The summed E-state index contributed by atoms with van der Waals surface area (Å²) in [6.45, 7) is 9.45. The van der Waals surface area contributed by atoms with Gasteiger partial charge in [0.1, 0.15) is 11.8 Å². The molecule has 0 aliphatic heterocycles. The van der Waals surface area contributed by atoms with Crippen LogP contribution in [0, 0.1) is 6.92 Å². The molecule has 0 aliphatic rings. The molecule has 6 heteroatoms. The Morgan fingerprint density at radius 1 is 1.10 bits per heavy atom. The molecule has 0 heterocycles. The topological polar surface area (TPSA) is 58.6 Å². The van der Waals surface area contributed by atoms with Crippen molar-refractivity contribution in [2.75, 3.05) is 6.61 Å². The van der Waals surface area contributed by atoms with Crippen molar-refractivity contribution in [1.82, 2.24) is 10.2 Å². The maximum absolute atomic E-state index is 13.0. The zero-order valence-corrected chi connectivity index (χ0v) is 18.4. The third-order valence-corrected chi connectivity index (χ3v) is 4.72. The van der Waals surface area contributed by atoms with Gasteiger partial charge < -0.3 is 15.0 Å². The molecule has 2 aromatic rings. The molecule has 0 unspecified atom stereocenters. The first-order valence-electron chi connectivity index (χ1n) is 9.61. The number of nitrogens with zero attached hydrogens (tertiary/aromatic N) is 1.